The third kappa shape index (κ3) is 6.40. The van der Waals surface area contributed by atoms with Gasteiger partial charge in [-0.1, -0.05) is 0 Å². The highest BCUT2D eigenvalue weighted by Crippen LogP contribution is 2.24. The van der Waals surface area contributed by atoms with E-state index in [1.54, 1.807) is 11.3 Å². The molecule has 0 aliphatic rings. The number of rotatable bonds is 6. The maximum atomic E-state index is 11.8. The molecule has 2 nitrogen and oxygen atoms in total. The quantitative estimate of drug-likeness (QED) is 0.811. The van der Waals surface area contributed by atoms with Crippen molar-refractivity contribution >= 4 is 27.3 Å². The average Bonchev–Trinajstić information content (AvgIpc) is 2.58. The van der Waals surface area contributed by atoms with Crippen LogP contribution in [0.15, 0.2) is 15.9 Å². The summed E-state index contributed by atoms with van der Waals surface area (Å²) < 4.78 is 40.8. The molecule has 0 aromatic carbocycles. The normalized spacial score (nSPS) is 13.9. The first-order valence-electron chi connectivity index (χ1n) is 5.00. The SMILES string of the molecule is NC(CCOCC(F)(F)F)Cc1sccc1Br. The summed E-state index contributed by atoms with van der Waals surface area (Å²) in [4.78, 5) is 1.10. The molecule has 2 N–H and O–H groups in total. The highest BCUT2D eigenvalue weighted by atomic mass is 79.9. The summed E-state index contributed by atoms with van der Waals surface area (Å²) >= 11 is 4.95. The number of alkyl halides is 3. The standard InChI is InChI=1S/C10H13BrF3NOS/c11-8-2-4-17-9(8)5-7(15)1-3-16-6-10(12,13)14/h2,4,7H,1,3,5-6,15H2. The Hall–Kier alpha value is -0.110. The molecule has 0 spiro atoms. The molecule has 1 aromatic heterocycles. The molecular weight excluding hydrogens is 319 g/mol. The van der Waals surface area contributed by atoms with Crippen molar-refractivity contribution in [2.75, 3.05) is 13.2 Å². The minimum absolute atomic E-state index is 0.0314. The van der Waals surface area contributed by atoms with Crippen LogP contribution in [0.2, 0.25) is 0 Å². The molecule has 0 radical (unpaired) electrons. The van der Waals surface area contributed by atoms with Gasteiger partial charge < -0.3 is 10.5 Å². The van der Waals surface area contributed by atoms with Crippen LogP contribution in [-0.4, -0.2) is 25.4 Å². The highest BCUT2D eigenvalue weighted by Gasteiger charge is 2.27. The third-order valence-electron chi connectivity index (χ3n) is 2.04. The van der Waals surface area contributed by atoms with Gasteiger partial charge in [0.2, 0.25) is 0 Å². The Kier molecular flexibility index (Phi) is 5.91. The van der Waals surface area contributed by atoms with Crippen LogP contribution in [0, 0.1) is 0 Å². The van der Waals surface area contributed by atoms with Crippen molar-refractivity contribution in [3.05, 3.63) is 20.8 Å². The maximum Gasteiger partial charge on any atom is 0.411 e. The van der Waals surface area contributed by atoms with Gasteiger partial charge in [0.25, 0.3) is 0 Å². The Labute approximate surface area is 110 Å². The van der Waals surface area contributed by atoms with E-state index in [1.807, 2.05) is 11.4 Å². The van der Waals surface area contributed by atoms with Crippen molar-refractivity contribution in [3.63, 3.8) is 0 Å². The van der Waals surface area contributed by atoms with Gasteiger partial charge in [0.05, 0.1) is 0 Å². The predicted molar refractivity (Wildman–Crippen MR) is 65.2 cm³/mol. The Morgan fingerprint density at radius 1 is 1.47 bits per heavy atom. The lowest BCUT2D eigenvalue weighted by atomic mass is 10.1. The highest BCUT2D eigenvalue weighted by molar-refractivity contribution is 9.10. The molecule has 1 aromatic rings. The van der Waals surface area contributed by atoms with Gasteiger partial charge in [-0.15, -0.1) is 11.3 Å². The average molecular weight is 332 g/mol. The van der Waals surface area contributed by atoms with Gasteiger partial charge in [0.15, 0.2) is 0 Å². The van der Waals surface area contributed by atoms with E-state index >= 15 is 0 Å². The fourth-order valence-electron chi connectivity index (χ4n) is 1.23. The van der Waals surface area contributed by atoms with Crippen LogP contribution < -0.4 is 5.73 Å². The molecular formula is C10H13BrF3NOS. The summed E-state index contributed by atoms with van der Waals surface area (Å²) in [6.45, 7) is -1.17. The van der Waals surface area contributed by atoms with Crippen LogP contribution in [0.5, 0.6) is 0 Å². The van der Waals surface area contributed by atoms with Crippen molar-refractivity contribution in [3.8, 4) is 0 Å². The van der Waals surface area contributed by atoms with E-state index < -0.39 is 12.8 Å². The predicted octanol–water partition coefficient (Wildman–Crippen LogP) is 3.35. The van der Waals surface area contributed by atoms with Crippen molar-refractivity contribution in [2.45, 2.75) is 25.1 Å². The third-order valence-corrected chi connectivity index (χ3v) is 3.99. The summed E-state index contributed by atoms with van der Waals surface area (Å²) in [5, 5.41) is 1.94. The summed E-state index contributed by atoms with van der Waals surface area (Å²) in [5.74, 6) is 0. The molecule has 1 rings (SSSR count). The number of hydrogen-bond acceptors (Lipinski definition) is 3. The van der Waals surface area contributed by atoms with Gasteiger partial charge >= 0.3 is 6.18 Å². The minimum atomic E-state index is -4.26. The summed E-state index contributed by atoms with van der Waals surface area (Å²) in [6, 6.07) is 1.74. The summed E-state index contributed by atoms with van der Waals surface area (Å²) in [6.07, 6.45) is -3.20. The molecule has 1 unspecified atom stereocenters. The van der Waals surface area contributed by atoms with Gasteiger partial charge in [0.1, 0.15) is 6.61 Å². The van der Waals surface area contributed by atoms with Crippen molar-refractivity contribution in [1.82, 2.24) is 0 Å². The molecule has 0 saturated heterocycles. The second kappa shape index (κ2) is 6.72. The van der Waals surface area contributed by atoms with Crippen molar-refractivity contribution in [1.29, 1.82) is 0 Å². The van der Waals surface area contributed by atoms with Crippen LogP contribution in [0.25, 0.3) is 0 Å². The molecule has 1 atom stereocenters. The first-order chi connectivity index (χ1) is 7.88. The van der Waals surface area contributed by atoms with Crippen LogP contribution >= 0.6 is 27.3 Å². The van der Waals surface area contributed by atoms with Gasteiger partial charge in [-0.3, -0.25) is 0 Å². The van der Waals surface area contributed by atoms with Gasteiger partial charge in [-0.05, 0) is 40.2 Å². The molecule has 0 saturated carbocycles. The second-order valence-electron chi connectivity index (χ2n) is 3.61. The largest absolute Gasteiger partial charge is 0.411 e. The fourth-order valence-corrected chi connectivity index (χ4v) is 2.84. The lowest BCUT2D eigenvalue weighted by Crippen LogP contribution is -2.26. The number of ether oxygens (including phenoxy) is 1. The zero-order chi connectivity index (χ0) is 12.9. The van der Waals surface area contributed by atoms with E-state index in [0.29, 0.717) is 12.8 Å². The van der Waals surface area contributed by atoms with Crippen LogP contribution in [0.3, 0.4) is 0 Å². The molecule has 7 heteroatoms. The van der Waals surface area contributed by atoms with E-state index in [1.165, 1.54) is 0 Å². The smallest absolute Gasteiger partial charge is 0.372 e. The van der Waals surface area contributed by atoms with Gasteiger partial charge in [0, 0.05) is 22.0 Å². The molecule has 1 heterocycles. The molecule has 0 aliphatic heterocycles. The second-order valence-corrected chi connectivity index (χ2v) is 5.47. The van der Waals surface area contributed by atoms with E-state index in [0.717, 1.165) is 9.35 Å². The minimum Gasteiger partial charge on any atom is -0.372 e. The van der Waals surface area contributed by atoms with E-state index in [9.17, 15) is 13.2 Å². The zero-order valence-electron chi connectivity index (χ0n) is 8.97. The van der Waals surface area contributed by atoms with Crippen LogP contribution in [-0.2, 0) is 11.2 Å². The first-order valence-corrected chi connectivity index (χ1v) is 6.67. The maximum absolute atomic E-state index is 11.8. The van der Waals surface area contributed by atoms with Crippen LogP contribution in [0.4, 0.5) is 13.2 Å². The Morgan fingerprint density at radius 3 is 2.71 bits per heavy atom. The lowest BCUT2D eigenvalue weighted by Gasteiger charge is -2.12. The van der Waals surface area contributed by atoms with E-state index in [2.05, 4.69) is 20.7 Å². The summed E-state index contributed by atoms with van der Waals surface area (Å²) in [5.41, 5.74) is 5.81. The Balaban J connectivity index is 2.18. The van der Waals surface area contributed by atoms with Gasteiger partial charge in [-0.25, -0.2) is 0 Å². The number of nitrogens with two attached hydrogens (primary N) is 1. The molecule has 0 aliphatic carbocycles. The van der Waals surface area contributed by atoms with Gasteiger partial charge in [-0.2, -0.15) is 13.2 Å². The van der Waals surface area contributed by atoms with Crippen molar-refractivity contribution < 1.29 is 17.9 Å². The first kappa shape index (κ1) is 14.9. The van der Waals surface area contributed by atoms with Crippen molar-refractivity contribution in [2.24, 2.45) is 5.73 Å². The lowest BCUT2D eigenvalue weighted by molar-refractivity contribution is -0.174. The Morgan fingerprint density at radius 2 is 2.18 bits per heavy atom. The fraction of sp³-hybridized carbons (Fsp3) is 0.600. The van der Waals surface area contributed by atoms with Crippen LogP contribution in [0.1, 0.15) is 11.3 Å². The molecule has 0 fully saturated rings. The number of hydrogen-bond donors (Lipinski definition) is 1. The zero-order valence-corrected chi connectivity index (χ0v) is 11.4. The van der Waals surface area contributed by atoms with E-state index in [4.69, 9.17) is 5.73 Å². The molecule has 0 bridgehead atoms. The summed E-state index contributed by atoms with van der Waals surface area (Å²) in [7, 11) is 0. The van der Waals surface area contributed by atoms with E-state index in [-0.39, 0.29) is 12.6 Å². The topological polar surface area (TPSA) is 35.2 Å². The number of halogens is 4. The number of thiophene rings is 1. The molecule has 98 valence electrons. The monoisotopic (exact) mass is 331 g/mol. The molecule has 17 heavy (non-hydrogen) atoms. The Bertz CT molecular complexity index is 343. The molecule has 0 amide bonds.